The Morgan fingerprint density at radius 2 is 1.96 bits per heavy atom. The van der Waals surface area contributed by atoms with Gasteiger partial charge >= 0.3 is 0 Å². The molecule has 0 unspecified atom stereocenters. The molecule has 0 radical (unpaired) electrons. The molecule has 1 aromatic carbocycles. The molecular formula is C22H33BrN2O2. The highest BCUT2D eigenvalue weighted by Crippen LogP contribution is 2.50. The van der Waals surface area contributed by atoms with Gasteiger partial charge in [-0.25, -0.2) is 0 Å². The summed E-state index contributed by atoms with van der Waals surface area (Å²) in [4.78, 5) is 2.65. The second-order valence-corrected chi connectivity index (χ2v) is 10.4. The first kappa shape index (κ1) is 19.7. The molecule has 3 fully saturated rings. The molecule has 0 atom stereocenters. The maximum atomic E-state index is 10.1. The zero-order valence-corrected chi connectivity index (χ0v) is 18.2. The highest BCUT2D eigenvalue weighted by Gasteiger charge is 2.53. The average molecular weight is 437 g/mol. The molecule has 27 heavy (non-hydrogen) atoms. The lowest BCUT2D eigenvalue weighted by molar-refractivity contribution is -0.120. The molecule has 4 nitrogen and oxygen atoms in total. The number of nitrogens with one attached hydrogen (secondary N) is 1. The first-order valence-corrected chi connectivity index (χ1v) is 11.2. The molecule has 0 bridgehead atoms. The van der Waals surface area contributed by atoms with E-state index in [9.17, 15) is 5.11 Å². The number of nitrogens with zero attached hydrogens (tertiary/aromatic N) is 1. The number of hydrogen-bond donors (Lipinski definition) is 2. The predicted octanol–water partition coefficient (Wildman–Crippen LogP) is 3.91. The third-order valence-corrected chi connectivity index (χ3v) is 7.30. The number of hydrogen-bond acceptors (Lipinski definition) is 4. The highest BCUT2D eigenvalue weighted by atomic mass is 79.9. The molecular weight excluding hydrogens is 404 g/mol. The number of piperidine rings is 1. The van der Waals surface area contributed by atoms with Crippen molar-refractivity contribution in [1.82, 2.24) is 10.2 Å². The van der Waals surface area contributed by atoms with Gasteiger partial charge in [0, 0.05) is 18.5 Å². The molecule has 4 rings (SSSR count). The quantitative estimate of drug-likeness (QED) is 0.709. The summed E-state index contributed by atoms with van der Waals surface area (Å²) in [6.45, 7) is 9.83. The fourth-order valence-electron chi connectivity index (χ4n) is 5.00. The summed E-state index contributed by atoms with van der Waals surface area (Å²) in [5.41, 5.74) is 0.596. The second kappa shape index (κ2) is 7.66. The third-order valence-electron chi connectivity index (χ3n) is 6.68. The Hall–Kier alpha value is -0.620. The summed E-state index contributed by atoms with van der Waals surface area (Å²) in [5, 5.41) is 13.6. The van der Waals surface area contributed by atoms with Crippen molar-refractivity contribution in [2.45, 2.75) is 57.7 Å². The van der Waals surface area contributed by atoms with Gasteiger partial charge in [-0.1, -0.05) is 6.07 Å². The Morgan fingerprint density at radius 3 is 2.59 bits per heavy atom. The van der Waals surface area contributed by atoms with E-state index in [1.54, 1.807) is 13.8 Å². The van der Waals surface area contributed by atoms with E-state index >= 15 is 0 Å². The highest BCUT2D eigenvalue weighted by molar-refractivity contribution is 9.10. The predicted molar refractivity (Wildman–Crippen MR) is 112 cm³/mol. The lowest BCUT2D eigenvalue weighted by Gasteiger charge is -2.59. The molecule has 2 heterocycles. The lowest BCUT2D eigenvalue weighted by atomic mass is 9.61. The van der Waals surface area contributed by atoms with Crippen LogP contribution in [0.25, 0.3) is 0 Å². The number of ether oxygens (including phenoxy) is 1. The van der Waals surface area contributed by atoms with Gasteiger partial charge in [-0.3, -0.25) is 0 Å². The van der Waals surface area contributed by atoms with Crippen molar-refractivity contribution >= 4 is 15.9 Å². The van der Waals surface area contributed by atoms with Gasteiger partial charge in [0.15, 0.2) is 0 Å². The largest absolute Gasteiger partial charge is 0.489 e. The van der Waals surface area contributed by atoms with Gasteiger partial charge in [0.1, 0.15) is 11.9 Å². The molecule has 1 saturated carbocycles. The molecule has 5 heteroatoms. The van der Waals surface area contributed by atoms with E-state index in [-0.39, 0.29) is 0 Å². The second-order valence-electron chi connectivity index (χ2n) is 9.55. The van der Waals surface area contributed by atoms with Crippen molar-refractivity contribution in [3.8, 4) is 5.75 Å². The number of likely N-dealkylation sites (tertiary alicyclic amines) is 1. The van der Waals surface area contributed by atoms with Crippen molar-refractivity contribution in [3.05, 3.63) is 28.2 Å². The maximum absolute atomic E-state index is 10.1. The van der Waals surface area contributed by atoms with Crippen LogP contribution in [0.4, 0.5) is 0 Å². The average Bonchev–Trinajstić information content (AvgIpc) is 2.56. The van der Waals surface area contributed by atoms with Gasteiger partial charge in [-0.2, -0.15) is 0 Å². The van der Waals surface area contributed by atoms with Crippen LogP contribution >= 0.6 is 15.9 Å². The van der Waals surface area contributed by atoms with Crippen LogP contribution in [0.2, 0.25) is 0 Å². The minimum atomic E-state index is -0.828. The first-order chi connectivity index (χ1) is 12.8. The van der Waals surface area contributed by atoms with E-state index < -0.39 is 5.60 Å². The van der Waals surface area contributed by atoms with E-state index in [0.717, 1.165) is 21.7 Å². The molecule has 1 spiro atoms. The summed E-state index contributed by atoms with van der Waals surface area (Å²) in [6, 6.07) is 5.91. The summed E-state index contributed by atoms with van der Waals surface area (Å²) in [6.07, 6.45) is 6.78. The number of rotatable bonds is 6. The topological polar surface area (TPSA) is 44.7 Å². The molecule has 0 aromatic heterocycles. The minimum absolute atomic E-state index is 0.334. The van der Waals surface area contributed by atoms with Crippen LogP contribution < -0.4 is 10.1 Å². The van der Waals surface area contributed by atoms with Gasteiger partial charge in [-0.05, 0) is 105 Å². The van der Waals surface area contributed by atoms with Gasteiger partial charge in [0.2, 0.25) is 0 Å². The summed E-state index contributed by atoms with van der Waals surface area (Å²) in [7, 11) is 0. The Bertz CT molecular complexity index is 653. The fraction of sp³-hybridized carbons (Fsp3) is 0.727. The van der Waals surface area contributed by atoms with Gasteiger partial charge in [0.25, 0.3) is 0 Å². The number of benzene rings is 1. The third kappa shape index (κ3) is 4.52. The normalized spacial score (nSPS) is 23.9. The van der Waals surface area contributed by atoms with Crippen molar-refractivity contribution in [3.63, 3.8) is 0 Å². The molecule has 2 aliphatic heterocycles. The molecule has 2 N–H and O–H groups in total. The van der Waals surface area contributed by atoms with Crippen molar-refractivity contribution in [2.24, 2.45) is 11.3 Å². The van der Waals surface area contributed by atoms with Crippen LogP contribution in [0.15, 0.2) is 22.7 Å². The fourth-order valence-corrected chi connectivity index (χ4v) is 5.47. The van der Waals surface area contributed by atoms with Gasteiger partial charge in [-0.15, -0.1) is 0 Å². The van der Waals surface area contributed by atoms with Crippen LogP contribution in [-0.4, -0.2) is 48.8 Å². The Kier molecular flexibility index (Phi) is 5.58. The zero-order valence-electron chi connectivity index (χ0n) is 16.6. The molecule has 1 aromatic rings. The number of aliphatic hydroxyl groups is 1. The van der Waals surface area contributed by atoms with E-state index in [0.29, 0.717) is 11.5 Å². The van der Waals surface area contributed by atoms with E-state index in [2.05, 4.69) is 26.1 Å². The summed E-state index contributed by atoms with van der Waals surface area (Å²) in [5.74, 6) is 1.83. The van der Waals surface area contributed by atoms with Crippen molar-refractivity contribution in [2.75, 3.05) is 32.7 Å². The van der Waals surface area contributed by atoms with Gasteiger partial charge in [0.05, 0.1) is 10.1 Å². The number of halogens is 1. The van der Waals surface area contributed by atoms with Crippen molar-refractivity contribution < 1.29 is 9.84 Å². The molecule has 3 aliphatic rings. The van der Waals surface area contributed by atoms with E-state index in [4.69, 9.17) is 4.74 Å². The first-order valence-electron chi connectivity index (χ1n) is 10.5. The molecule has 1 aliphatic carbocycles. The lowest BCUT2D eigenvalue weighted by Crippen LogP contribution is -2.64. The smallest absolute Gasteiger partial charge is 0.133 e. The van der Waals surface area contributed by atoms with Crippen LogP contribution in [0.5, 0.6) is 5.75 Å². The Balaban J connectivity index is 1.19. The van der Waals surface area contributed by atoms with Crippen LogP contribution in [0, 0.1) is 11.3 Å². The van der Waals surface area contributed by atoms with Crippen LogP contribution in [0.3, 0.4) is 0 Å². The Morgan fingerprint density at radius 1 is 1.26 bits per heavy atom. The zero-order chi connectivity index (χ0) is 19.1. The molecule has 2 saturated heterocycles. The molecule has 0 amide bonds. The SMILES string of the molecule is CC(C)(O)c1ccc(OC2CC3(C2)CN(CCC2CCNCC2)C3)c(Br)c1. The maximum Gasteiger partial charge on any atom is 0.133 e. The summed E-state index contributed by atoms with van der Waals surface area (Å²) >= 11 is 3.60. The van der Waals surface area contributed by atoms with Crippen molar-refractivity contribution in [1.29, 1.82) is 0 Å². The molecule has 150 valence electrons. The Labute approximate surface area is 171 Å². The standard InChI is InChI=1S/C22H33BrN2O2/c1-21(2,26)17-3-4-20(19(23)11-17)27-18-12-22(13-18)14-25(15-22)10-7-16-5-8-24-9-6-16/h3-4,11,16,18,24,26H,5-10,12-15H2,1-2H3. The van der Waals surface area contributed by atoms with Gasteiger partial charge < -0.3 is 20.1 Å². The van der Waals surface area contributed by atoms with Crippen LogP contribution in [-0.2, 0) is 5.60 Å². The minimum Gasteiger partial charge on any atom is -0.489 e. The monoisotopic (exact) mass is 436 g/mol. The van der Waals surface area contributed by atoms with E-state index in [1.807, 2.05) is 18.2 Å². The van der Waals surface area contributed by atoms with E-state index in [1.165, 1.54) is 64.8 Å². The van der Waals surface area contributed by atoms with Crippen LogP contribution in [0.1, 0.15) is 51.5 Å². The summed E-state index contributed by atoms with van der Waals surface area (Å²) < 4.78 is 7.15.